The first-order chi connectivity index (χ1) is 12.9. The lowest BCUT2D eigenvalue weighted by Crippen LogP contribution is -2.31. The van der Waals surface area contributed by atoms with Crippen LogP contribution in [0.25, 0.3) is 5.69 Å². The predicted octanol–water partition coefficient (Wildman–Crippen LogP) is 1.99. The number of carbonyl (C=O) groups is 1. The van der Waals surface area contributed by atoms with E-state index in [2.05, 4.69) is 9.98 Å². The van der Waals surface area contributed by atoms with Crippen LogP contribution < -0.4 is 11.2 Å². The van der Waals surface area contributed by atoms with Crippen molar-refractivity contribution in [2.45, 2.75) is 6.92 Å². The van der Waals surface area contributed by atoms with E-state index >= 15 is 0 Å². The average Bonchev–Trinajstić information content (AvgIpc) is 2.63. The van der Waals surface area contributed by atoms with Gasteiger partial charge in [-0.2, -0.15) is 0 Å². The lowest BCUT2D eigenvalue weighted by atomic mass is 10.2. The summed E-state index contributed by atoms with van der Waals surface area (Å²) in [5.74, 6) is -1.61. The van der Waals surface area contributed by atoms with Gasteiger partial charge in [0.2, 0.25) is 5.88 Å². The smallest absolute Gasteiger partial charge is 0.335 e. The second-order valence-electron chi connectivity index (χ2n) is 5.78. The van der Waals surface area contributed by atoms with Crippen molar-refractivity contribution in [3.63, 3.8) is 0 Å². The minimum atomic E-state index is -1.07. The van der Waals surface area contributed by atoms with E-state index in [4.69, 9.17) is 5.11 Å². The zero-order valence-electron chi connectivity index (χ0n) is 14.2. The fraction of sp³-hybridized carbons (Fsp3) is 0.0526. The molecule has 0 saturated heterocycles. The second-order valence-corrected chi connectivity index (χ2v) is 5.78. The highest BCUT2D eigenvalue weighted by Crippen LogP contribution is 2.17. The molecule has 136 valence electrons. The topological polar surface area (TPSA) is 125 Å². The van der Waals surface area contributed by atoms with Crippen LogP contribution in [0.2, 0.25) is 0 Å². The van der Waals surface area contributed by atoms with Gasteiger partial charge in [0, 0.05) is 6.21 Å². The molecule has 2 aromatic carbocycles. The van der Waals surface area contributed by atoms with Gasteiger partial charge in [-0.15, -0.1) is 0 Å². The highest BCUT2D eigenvalue weighted by atomic mass is 16.4. The average molecular weight is 365 g/mol. The maximum absolute atomic E-state index is 12.1. The first-order valence-electron chi connectivity index (χ1n) is 7.89. The number of nitrogens with one attached hydrogen (secondary N) is 1. The number of hydrogen-bond acceptors (Lipinski definition) is 5. The van der Waals surface area contributed by atoms with Crippen LogP contribution in [0.4, 0.5) is 5.69 Å². The van der Waals surface area contributed by atoms with Gasteiger partial charge in [0.1, 0.15) is 5.56 Å². The molecule has 0 radical (unpaired) electrons. The van der Waals surface area contributed by atoms with Gasteiger partial charge in [-0.1, -0.05) is 17.7 Å². The van der Waals surface area contributed by atoms with Crippen LogP contribution >= 0.6 is 0 Å². The van der Waals surface area contributed by atoms with Gasteiger partial charge in [0.25, 0.3) is 5.56 Å². The van der Waals surface area contributed by atoms with E-state index in [0.29, 0.717) is 11.4 Å². The Morgan fingerprint density at radius 3 is 2.30 bits per heavy atom. The van der Waals surface area contributed by atoms with Gasteiger partial charge in [-0.3, -0.25) is 14.8 Å². The molecule has 27 heavy (non-hydrogen) atoms. The molecule has 3 N–H and O–H groups in total. The summed E-state index contributed by atoms with van der Waals surface area (Å²) in [6, 6.07) is 12.5. The number of carboxylic acid groups (broad SMARTS) is 1. The molecule has 0 spiro atoms. The largest absolute Gasteiger partial charge is 0.493 e. The molecule has 0 saturated carbocycles. The van der Waals surface area contributed by atoms with Gasteiger partial charge >= 0.3 is 11.7 Å². The van der Waals surface area contributed by atoms with Crippen molar-refractivity contribution in [3.8, 4) is 11.6 Å². The third kappa shape index (κ3) is 3.69. The normalized spacial score (nSPS) is 11.0. The molecule has 8 nitrogen and oxygen atoms in total. The van der Waals surface area contributed by atoms with Crippen LogP contribution in [-0.2, 0) is 0 Å². The molecule has 0 fully saturated rings. The minimum absolute atomic E-state index is 0.0996. The number of aromatic hydroxyl groups is 1. The lowest BCUT2D eigenvalue weighted by molar-refractivity contribution is 0.0697. The number of aromatic carboxylic acids is 1. The maximum Gasteiger partial charge on any atom is 0.335 e. The number of aromatic amines is 1. The molecular weight excluding hydrogens is 350 g/mol. The molecule has 0 aliphatic rings. The highest BCUT2D eigenvalue weighted by Gasteiger charge is 2.14. The molecule has 0 bridgehead atoms. The second kappa shape index (κ2) is 7.12. The predicted molar refractivity (Wildman–Crippen MR) is 99.7 cm³/mol. The van der Waals surface area contributed by atoms with E-state index in [1.54, 1.807) is 24.3 Å². The fourth-order valence-corrected chi connectivity index (χ4v) is 2.42. The Bertz CT molecular complexity index is 1140. The summed E-state index contributed by atoms with van der Waals surface area (Å²) in [4.78, 5) is 41.3. The van der Waals surface area contributed by atoms with Crippen LogP contribution in [0.15, 0.2) is 63.1 Å². The van der Waals surface area contributed by atoms with E-state index in [1.165, 1.54) is 24.3 Å². The van der Waals surface area contributed by atoms with E-state index in [1.807, 2.05) is 6.92 Å². The monoisotopic (exact) mass is 365 g/mol. The summed E-state index contributed by atoms with van der Waals surface area (Å²) in [5.41, 5.74) is 0.0881. The van der Waals surface area contributed by atoms with Crippen LogP contribution in [-0.4, -0.2) is 31.9 Å². The van der Waals surface area contributed by atoms with Gasteiger partial charge in [0.05, 0.1) is 16.9 Å². The van der Waals surface area contributed by atoms with Gasteiger partial charge in [-0.05, 0) is 43.3 Å². The summed E-state index contributed by atoms with van der Waals surface area (Å²) in [6.07, 6.45) is 1.12. The summed E-state index contributed by atoms with van der Waals surface area (Å²) in [7, 11) is 0. The van der Waals surface area contributed by atoms with Gasteiger partial charge in [-0.25, -0.2) is 14.2 Å². The molecule has 1 heterocycles. The summed E-state index contributed by atoms with van der Waals surface area (Å²) in [6.45, 7) is 1.88. The molecule has 8 heteroatoms. The first-order valence-corrected chi connectivity index (χ1v) is 7.89. The molecule has 3 aromatic rings. The Balaban J connectivity index is 2.04. The quantitative estimate of drug-likeness (QED) is 0.610. The Morgan fingerprint density at radius 1 is 1.07 bits per heavy atom. The van der Waals surface area contributed by atoms with Crippen LogP contribution in [0.1, 0.15) is 21.5 Å². The van der Waals surface area contributed by atoms with Crippen molar-refractivity contribution >= 4 is 17.9 Å². The lowest BCUT2D eigenvalue weighted by Gasteiger charge is -2.09. The molecule has 0 atom stereocenters. The van der Waals surface area contributed by atoms with Gasteiger partial charge in [0.15, 0.2) is 0 Å². The molecule has 0 amide bonds. The summed E-state index contributed by atoms with van der Waals surface area (Å²) in [5, 5.41) is 19.3. The van der Waals surface area contributed by atoms with Gasteiger partial charge < -0.3 is 10.2 Å². The third-order valence-corrected chi connectivity index (χ3v) is 3.87. The number of aliphatic imine (C=N–C) groups is 1. The number of H-pyrrole nitrogens is 1. The summed E-state index contributed by atoms with van der Waals surface area (Å²) >= 11 is 0. The minimum Gasteiger partial charge on any atom is -0.493 e. The number of carboxylic acids is 1. The molecule has 0 aliphatic heterocycles. The van der Waals surface area contributed by atoms with Crippen molar-refractivity contribution < 1.29 is 15.0 Å². The Kier molecular flexibility index (Phi) is 4.71. The summed E-state index contributed by atoms with van der Waals surface area (Å²) < 4.78 is 0.968. The van der Waals surface area contributed by atoms with Crippen molar-refractivity contribution in [1.29, 1.82) is 0 Å². The molecule has 3 rings (SSSR count). The number of rotatable bonds is 4. The number of aryl methyl sites for hydroxylation is 1. The number of benzene rings is 2. The van der Waals surface area contributed by atoms with E-state index in [-0.39, 0.29) is 11.1 Å². The van der Waals surface area contributed by atoms with Crippen molar-refractivity contribution in [1.82, 2.24) is 9.55 Å². The highest BCUT2D eigenvalue weighted by molar-refractivity contribution is 5.88. The van der Waals surface area contributed by atoms with E-state index < -0.39 is 23.1 Å². The Morgan fingerprint density at radius 2 is 1.70 bits per heavy atom. The van der Waals surface area contributed by atoms with Crippen LogP contribution in [0.3, 0.4) is 0 Å². The third-order valence-electron chi connectivity index (χ3n) is 3.87. The first kappa shape index (κ1) is 17.9. The van der Waals surface area contributed by atoms with Crippen molar-refractivity contribution in [2.24, 2.45) is 4.99 Å². The Hall–Kier alpha value is -3.94. The molecule has 0 aliphatic carbocycles. The Labute approximate surface area is 152 Å². The van der Waals surface area contributed by atoms with Crippen molar-refractivity contribution in [2.75, 3.05) is 0 Å². The van der Waals surface area contributed by atoms with Crippen molar-refractivity contribution in [3.05, 3.63) is 86.1 Å². The zero-order valence-corrected chi connectivity index (χ0v) is 14.2. The number of nitrogens with zero attached hydrogens (tertiary/aromatic N) is 2. The fourth-order valence-electron chi connectivity index (χ4n) is 2.42. The van der Waals surface area contributed by atoms with Crippen LogP contribution in [0.5, 0.6) is 5.88 Å². The molecule has 1 aromatic heterocycles. The molecule has 0 unspecified atom stereocenters. The van der Waals surface area contributed by atoms with E-state index in [0.717, 1.165) is 16.3 Å². The number of aromatic nitrogens is 2. The number of hydrogen-bond donors (Lipinski definition) is 3. The SMILES string of the molecule is Cc1ccc(-n2c(O)c(C=Nc3ccc(C(=O)O)cc3)c(=O)[nH]c2=O)cc1. The maximum atomic E-state index is 12.1. The standard InChI is InChI=1S/C19H15N3O5/c1-11-2-8-14(9-3-11)22-17(24)15(16(23)21-19(22)27)10-20-13-6-4-12(5-7-13)18(25)26/h2-10,24H,1H3,(H,25,26)(H,21,23,27). The van der Waals surface area contributed by atoms with Crippen LogP contribution in [0, 0.1) is 6.92 Å². The molecular formula is C19H15N3O5. The van der Waals surface area contributed by atoms with E-state index in [9.17, 15) is 19.5 Å². The zero-order chi connectivity index (χ0) is 19.6.